The second-order valence-corrected chi connectivity index (χ2v) is 5.99. The molecule has 0 spiro atoms. The molecule has 0 atom stereocenters. The highest BCUT2D eigenvalue weighted by Crippen LogP contribution is 2.15. The molecule has 23 heavy (non-hydrogen) atoms. The lowest BCUT2D eigenvalue weighted by Gasteiger charge is -2.01. The molecule has 122 valence electrons. The molecule has 4 nitrogen and oxygen atoms in total. The second-order valence-electron chi connectivity index (χ2n) is 5.99. The molecule has 2 aromatic heterocycles. The minimum atomic E-state index is -0.687. The zero-order chi connectivity index (χ0) is 16.5. The summed E-state index contributed by atoms with van der Waals surface area (Å²) < 4.78 is 4.24. The van der Waals surface area contributed by atoms with Crippen LogP contribution in [0.15, 0.2) is 49.1 Å². The topological polar surface area (TPSA) is 45.1 Å². The monoisotopic (exact) mass is 314 g/mol. The van der Waals surface area contributed by atoms with Crippen molar-refractivity contribution in [1.29, 1.82) is 0 Å². The number of carboxylic acid groups (broad SMARTS) is 1. The van der Waals surface area contributed by atoms with E-state index in [0.29, 0.717) is 6.42 Å². The minimum absolute atomic E-state index is 0.299. The number of aromatic nitrogens is 2. The fourth-order valence-corrected chi connectivity index (χ4v) is 2.59. The Labute approximate surface area is 138 Å². The van der Waals surface area contributed by atoms with Gasteiger partial charge in [0.05, 0.1) is 0 Å². The number of rotatable bonds is 9. The van der Waals surface area contributed by atoms with E-state index in [4.69, 9.17) is 5.11 Å². The highest BCUT2D eigenvalue weighted by atomic mass is 16.4. The molecule has 0 bridgehead atoms. The van der Waals surface area contributed by atoms with E-state index >= 15 is 0 Å². The van der Waals surface area contributed by atoms with Gasteiger partial charge in [0.1, 0.15) is 13.6 Å². The van der Waals surface area contributed by atoms with E-state index in [1.165, 1.54) is 11.1 Å². The molecule has 0 saturated carbocycles. The first-order valence-corrected chi connectivity index (χ1v) is 8.32. The third-order valence-electron chi connectivity index (χ3n) is 4.01. The molecule has 0 unspecified atom stereocenters. The number of unbranched alkanes of at least 4 members (excludes halogenated alkanes) is 4. The van der Waals surface area contributed by atoms with Gasteiger partial charge in [-0.2, -0.15) is 0 Å². The number of hydrogen-bond donors (Lipinski definition) is 1. The van der Waals surface area contributed by atoms with Gasteiger partial charge in [0, 0.05) is 37.1 Å². The van der Waals surface area contributed by atoms with E-state index in [0.717, 1.165) is 38.6 Å². The van der Waals surface area contributed by atoms with E-state index in [2.05, 4.69) is 53.6 Å². The molecule has 0 fully saturated rings. The van der Waals surface area contributed by atoms with E-state index in [1.54, 1.807) is 0 Å². The second kappa shape index (κ2) is 9.03. The quantitative estimate of drug-likeness (QED) is 0.571. The van der Waals surface area contributed by atoms with Gasteiger partial charge in [-0.25, -0.2) is 9.13 Å². The van der Waals surface area contributed by atoms with Crippen LogP contribution in [-0.4, -0.2) is 11.1 Å². The van der Waals surface area contributed by atoms with Gasteiger partial charge in [0.2, 0.25) is 0 Å². The molecule has 2 heterocycles. The number of aliphatic carboxylic acids is 1. The van der Waals surface area contributed by atoms with E-state index in [1.807, 2.05) is 11.6 Å². The molecule has 2 rings (SSSR count). The summed E-state index contributed by atoms with van der Waals surface area (Å²) in [6.07, 6.45) is 13.9. The van der Waals surface area contributed by atoms with Crippen LogP contribution in [0.4, 0.5) is 0 Å². The maximum Gasteiger partial charge on any atom is 0.303 e. The Balaban J connectivity index is 1.71. The highest BCUT2D eigenvalue weighted by molar-refractivity contribution is 5.66. The lowest BCUT2D eigenvalue weighted by Crippen LogP contribution is -2.32. The standard InChI is InChI=1S/C19H25N2O2/c1-20-13-8-17(9-14-20)18-10-15-21(16-11-18)12-6-4-2-3-5-7-19(22)23/h8-11,13-16H,2-7,12H2,1H3/q+1/p+1. The van der Waals surface area contributed by atoms with Crippen LogP contribution >= 0.6 is 0 Å². The summed E-state index contributed by atoms with van der Waals surface area (Å²) in [5.74, 6) is -0.687. The minimum Gasteiger partial charge on any atom is -0.481 e. The molecule has 0 aromatic carbocycles. The van der Waals surface area contributed by atoms with Crippen molar-refractivity contribution < 1.29 is 19.0 Å². The molecule has 0 saturated heterocycles. The first-order valence-electron chi connectivity index (χ1n) is 8.32. The van der Waals surface area contributed by atoms with Gasteiger partial charge >= 0.3 is 5.97 Å². The largest absolute Gasteiger partial charge is 0.481 e. The normalized spacial score (nSPS) is 10.7. The van der Waals surface area contributed by atoms with Crippen molar-refractivity contribution in [3.63, 3.8) is 0 Å². The predicted octanol–water partition coefficient (Wildman–Crippen LogP) is 2.89. The number of aryl methyl sites for hydroxylation is 2. The van der Waals surface area contributed by atoms with Crippen LogP contribution in [0.5, 0.6) is 0 Å². The van der Waals surface area contributed by atoms with Crippen LogP contribution < -0.4 is 9.13 Å². The van der Waals surface area contributed by atoms with E-state index < -0.39 is 5.97 Å². The molecular weight excluding hydrogens is 288 g/mol. The zero-order valence-electron chi connectivity index (χ0n) is 13.8. The Morgan fingerprint density at radius 2 is 1.39 bits per heavy atom. The number of carbonyl (C=O) groups is 1. The van der Waals surface area contributed by atoms with Crippen molar-refractivity contribution in [2.45, 2.75) is 45.1 Å². The van der Waals surface area contributed by atoms with Gasteiger partial charge in [-0.1, -0.05) is 12.8 Å². The number of nitrogens with zero attached hydrogens (tertiary/aromatic N) is 2. The van der Waals surface area contributed by atoms with Crippen LogP contribution in [-0.2, 0) is 18.4 Å². The van der Waals surface area contributed by atoms with Gasteiger partial charge < -0.3 is 5.11 Å². The summed E-state index contributed by atoms with van der Waals surface area (Å²) in [5, 5.41) is 8.58. The van der Waals surface area contributed by atoms with Crippen LogP contribution in [0.2, 0.25) is 0 Å². The van der Waals surface area contributed by atoms with Gasteiger partial charge in [-0.15, -0.1) is 0 Å². The number of hydrogen-bond acceptors (Lipinski definition) is 1. The maximum atomic E-state index is 10.4. The van der Waals surface area contributed by atoms with Gasteiger partial charge in [0.25, 0.3) is 0 Å². The first-order chi connectivity index (χ1) is 11.1. The van der Waals surface area contributed by atoms with Crippen LogP contribution in [0, 0.1) is 0 Å². The summed E-state index contributed by atoms with van der Waals surface area (Å²) >= 11 is 0. The number of carboxylic acids is 1. The Morgan fingerprint density at radius 3 is 2.00 bits per heavy atom. The zero-order valence-corrected chi connectivity index (χ0v) is 13.8. The molecule has 0 radical (unpaired) electrons. The summed E-state index contributed by atoms with van der Waals surface area (Å²) in [5.41, 5.74) is 2.46. The van der Waals surface area contributed by atoms with E-state index in [9.17, 15) is 4.79 Å². The predicted molar refractivity (Wildman–Crippen MR) is 88.6 cm³/mol. The van der Waals surface area contributed by atoms with E-state index in [-0.39, 0.29) is 0 Å². The highest BCUT2D eigenvalue weighted by Gasteiger charge is 2.04. The average Bonchev–Trinajstić information content (AvgIpc) is 2.55. The van der Waals surface area contributed by atoms with Crippen LogP contribution in [0.25, 0.3) is 11.1 Å². The fraction of sp³-hybridized carbons (Fsp3) is 0.421. The molecule has 0 aliphatic carbocycles. The Morgan fingerprint density at radius 1 is 0.870 bits per heavy atom. The summed E-state index contributed by atoms with van der Waals surface area (Å²) in [6, 6.07) is 8.55. The van der Waals surface area contributed by atoms with Gasteiger partial charge in [0.15, 0.2) is 24.8 Å². The van der Waals surface area contributed by atoms with Crippen LogP contribution in [0.3, 0.4) is 0 Å². The lowest BCUT2D eigenvalue weighted by atomic mass is 10.1. The molecule has 2 aromatic rings. The number of pyridine rings is 2. The maximum absolute atomic E-state index is 10.4. The molecule has 0 aliphatic rings. The molecular formula is C19H26N2O2+2. The smallest absolute Gasteiger partial charge is 0.303 e. The van der Waals surface area contributed by atoms with Gasteiger partial charge in [-0.05, 0) is 24.0 Å². The lowest BCUT2D eigenvalue weighted by molar-refractivity contribution is -0.697. The third kappa shape index (κ3) is 6.19. The molecule has 4 heteroatoms. The van der Waals surface area contributed by atoms with Crippen molar-refractivity contribution >= 4 is 5.97 Å². The summed E-state index contributed by atoms with van der Waals surface area (Å²) in [7, 11) is 2.02. The van der Waals surface area contributed by atoms with Crippen LogP contribution in [0.1, 0.15) is 38.5 Å². The van der Waals surface area contributed by atoms with Crippen molar-refractivity contribution in [1.82, 2.24) is 0 Å². The fourth-order valence-electron chi connectivity index (χ4n) is 2.59. The van der Waals surface area contributed by atoms with Crippen molar-refractivity contribution in [2.75, 3.05) is 0 Å². The Bertz CT molecular complexity index is 606. The summed E-state index contributed by atoms with van der Waals surface area (Å²) in [4.78, 5) is 10.4. The Kier molecular flexibility index (Phi) is 6.73. The molecule has 1 N–H and O–H groups in total. The Hall–Kier alpha value is -2.23. The van der Waals surface area contributed by atoms with Gasteiger partial charge in [-0.3, -0.25) is 4.79 Å². The summed E-state index contributed by atoms with van der Waals surface area (Å²) in [6.45, 7) is 1.02. The first kappa shape index (κ1) is 17.1. The SMILES string of the molecule is C[n+]1ccc(-c2cc[n+](CCCCCCCC(=O)O)cc2)cc1. The molecule has 0 amide bonds. The van der Waals surface area contributed by atoms with Crippen molar-refractivity contribution in [2.24, 2.45) is 7.05 Å². The average molecular weight is 314 g/mol. The molecule has 0 aliphatic heterocycles. The van der Waals surface area contributed by atoms with Crippen molar-refractivity contribution in [3.8, 4) is 11.1 Å². The van der Waals surface area contributed by atoms with Crippen molar-refractivity contribution in [3.05, 3.63) is 49.1 Å². The third-order valence-corrected chi connectivity index (χ3v) is 4.01.